The van der Waals surface area contributed by atoms with E-state index in [9.17, 15) is 9.90 Å². The Morgan fingerprint density at radius 1 is 1.50 bits per heavy atom. The van der Waals surface area contributed by atoms with E-state index in [0.29, 0.717) is 10.9 Å². The zero-order valence-corrected chi connectivity index (χ0v) is 9.15. The molecule has 1 aromatic heterocycles. The molecule has 82 valence electrons. The number of para-hydroxylation sites is 1. The molecule has 1 N–H and O–H groups in total. The summed E-state index contributed by atoms with van der Waals surface area (Å²) in [5.41, 5.74) is 0.544. The van der Waals surface area contributed by atoms with Crippen molar-refractivity contribution in [1.29, 1.82) is 0 Å². The maximum atomic E-state index is 11.4. The lowest BCUT2D eigenvalue weighted by Gasteiger charge is -2.05. The van der Waals surface area contributed by atoms with Gasteiger partial charge in [-0.2, -0.15) is 0 Å². The summed E-state index contributed by atoms with van der Waals surface area (Å²) in [6, 6.07) is 6.43. The number of methoxy groups -OCH3 is 1. The first-order chi connectivity index (χ1) is 7.63. The van der Waals surface area contributed by atoms with Crippen LogP contribution in [0.4, 0.5) is 0 Å². The van der Waals surface area contributed by atoms with Crippen molar-refractivity contribution < 1.29 is 14.6 Å². The molecule has 0 atom stereocenters. The largest absolute Gasteiger partial charge is 0.506 e. The van der Waals surface area contributed by atoms with Crippen LogP contribution in [0.2, 0.25) is 5.15 Å². The molecule has 0 radical (unpaired) electrons. The molecule has 0 saturated heterocycles. The Labute approximate surface area is 96.4 Å². The molecule has 0 saturated carbocycles. The first kappa shape index (κ1) is 10.7. The quantitative estimate of drug-likeness (QED) is 0.611. The minimum atomic E-state index is -0.553. The Morgan fingerprint density at radius 2 is 2.25 bits per heavy atom. The van der Waals surface area contributed by atoms with E-state index < -0.39 is 5.97 Å². The number of carbonyl (C=O) groups excluding carboxylic acids is 1. The van der Waals surface area contributed by atoms with Crippen LogP contribution in [0, 0.1) is 0 Å². The fourth-order valence-corrected chi connectivity index (χ4v) is 1.63. The third kappa shape index (κ3) is 1.67. The summed E-state index contributed by atoms with van der Waals surface area (Å²) in [7, 11) is 1.27. The number of fused-ring (bicyclic) bond motifs is 1. The Balaban J connectivity index is 2.72. The number of phenolic OH excluding ortho intramolecular Hbond substituents is 1. The van der Waals surface area contributed by atoms with Gasteiger partial charge in [-0.3, -0.25) is 0 Å². The Kier molecular flexibility index (Phi) is 2.66. The highest BCUT2D eigenvalue weighted by atomic mass is 35.5. The van der Waals surface area contributed by atoms with Gasteiger partial charge in [0.2, 0.25) is 0 Å². The van der Waals surface area contributed by atoms with E-state index in [1.807, 2.05) is 0 Å². The number of esters is 1. The van der Waals surface area contributed by atoms with Gasteiger partial charge in [-0.25, -0.2) is 9.78 Å². The summed E-state index contributed by atoms with van der Waals surface area (Å²) < 4.78 is 4.57. The van der Waals surface area contributed by atoms with Crippen molar-refractivity contribution >= 4 is 28.5 Å². The topological polar surface area (TPSA) is 59.4 Å². The number of aromatic hydroxyl groups is 1. The van der Waals surface area contributed by atoms with Crippen LogP contribution < -0.4 is 0 Å². The fraction of sp³-hybridized carbons (Fsp3) is 0.0909. The third-order valence-electron chi connectivity index (χ3n) is 2.18. The summed E-state index contributed by atoms with van der Waals surface area (Å²) in [6.45, 7) is 0. The predicted molar refractivity (Wildman–Crippen MR) is 59.8 cm³/mol. The Hall–Kier alpha value is -1.81. The molecular weight excluding hydrogens is 230 g/mol. The molecule has 0 bridgehead atoms. The average molecular weight is 238 g/mol. The van der Waals surface area contributed by atoms with Gasteiger partial charge in [-0.15, -0.1) is 0 Å². The second kappa shape index (κ2) is 3.98. The molecule has 2 aromatic rings. The van der Waals surface area contributed by atoms with Crippen molar-refractivity contribution in [2.75, 3.05) is 7.11 Å². The number of phenols is 1. The lowest BCUT2D eigenvalue weighted by atomic mass is 10.1. The fourth-order valence-electron chi connectivity index (χ4n) is 1.41. The van der Waals surface area contributed by atoms with E-state index in [1.165, 1.54) is 19.2 Å². The van der Waals surface area contributed by atoms with Crippen LogP contribution in [0.15, 0.2) is 24.3 Å². The van der Waals surface area contributed by atoms with E-state index in [2.05, 4.69) is 9.72 Å². The molecule has 5 heteroatoms. The molecule has 0 aliphatic carbocycles. The first-order valence-electron chi connectivity index (χ1n) is 4.50. The van der Waals surface area contributed by atoms with Gasteiger partial charge < -0.3 is 9.84 Å². The third-order valence-corrected chi connectivity index (χ3v) is 2.47. The molecule has 1 heterocycles. The molecule has 0 aliphatic heterocycles. The molecule has 0 fully saturated rings. The lowest BCUT2D eigenvalue weighted by molar-refractivity contribution is 0.0600. The number of nitrogens with zero attached hydrogens (tertiary/aromatic N) is 1. The van der Waals surface area contributed by atoms with Gasteiger partial charge in [0.05, 0.1) is 12.7 Å². The second-order valence-corrected chi connectivity index (χ2v) is 3.53. The van der Waals surface area contributed by atoms with Crippen LogP contribution in [0.1, 0.15) is 10.4 Å². The highest BCUT2D eigenvalue weighted by Crippen LogP contribution is 2.26. The molecule has 0 spiro atoms. The smallest absolute Gasteiger partial charge is 0.341 e. The van der Waals surface area contributed by atoms with Gasteiger partial charge in [-0.1, -0.05) is 23.7 Å². The van der Waals surface area contributed by atoms with Gasteiger partial charge in [-0.05, 0) is 12.1 Å². The number of pyridine rings is 1. The summed E-state index contributed by atoms with van der Waals surface area (Å²) in [5.74, 6) is -0.529. The van der Waals surface area contributed by atoms with Crippen LogP contribution in [0.25, 0.3) is 10.9 Å². The lowest BCUT2D eigenvalue weighted by Crippen LogP contribution is -2.03. The Morgan fingerprint density at radius 3 is 2.94 bits per heavy atom. The molecule has 4 nitrogen and oxygen atoms in total. The van der Waals surface area contributed by atoms with Crippen molar-refractivity contribution in [3.8, 4) is 5.75 Å². The molecule has 2 rings (SSSR count). The highest BCUT2D eigenvalue weighted by Gasteiger charge is 2.14. The van der Waals surface area contributed by atoms with Gasteiger partial charge in [0.1, 0.15) is 16.4 Å². The number of rotatable bonds is 1. The van der Waals surface area contributed by atoms with Crippen molar-refractivity contribution in [3.05, 3.63) is 35.0 Å². The standard InChI is InChI=1S/C11H8ClNO3/c1-16-11(15)7-5-6-3-2-4-8(14)9(6)13-10(7)12/h2-5,14H,1H3. The predicted octanol–water partition coefficient (Wildman–Crippen LogP) is 2.38. The zero-order valence-electron chi connectivity index (χ0n) is 8.40. The number of carbonyl (C=O) groups is 1. The monoisotopic (exact) mass is 237 g/mol. The summed E-state index contributed by atoms with van der Waals surface area (Å²) in [5, 5.41) is 10.2. The Bertz CT molecular complexity index is 568. The van der Waals surface area contributed by atoms with E-state index >= 15 is 0 Å². The van der Waals surface area contributed by atoms with Crippen LogP contribution >= 0.6 is 11.6 Å². The molecule has 0 amide bonds. The zero-order chi connectivity index (χ0) is 11.7. The minimum Gasteiger partial charge on any atom is -0.506 e. The van der Waals surface area contributed by atoms with E-state index in [-0.39, 0.29) is 16.5 Å². The summed E-state index contributed by atoms with van der Waals surface area (Å²) in [6.07, 6.45) is 0. The van der Waals surface area contributed by atoms with E-state index in [0.717, 1.165) is 0 Å². The van der Waals surface area contributed by atoms with Gasteiger partial charge in [0.15, 0.2) is 0 Å². The van der Waals surface area contributed by atoms with Crippen molar-refractivity contribution in [1.82, 2.24) is 4.98 Å². The number of hydrogen-bond acceptors (Lipinski definition) is 4. The number of halogens is 1. The summed E-state index contributed by atoms with van der Waals surface area (Å²) in [4.78, 5) is 15.3. The maximum Gasteiger partial charge on any atom is 0.341 e. The van der Waals surface area contributed by atoms with Crippen molar-refractivity contribution in [2.24, 2.45) is 0 Å². The molecular formula is C11H8ClNO3. The van der Waals surface area contributed by atoms with Gasteiger partial charge in [0, 0.05) is 5.39 Å². The van der Waals surface area contributed by atoms with Crippen LogP contribution in [0.5, 0.6) is 5.75 Å². The van der Waals surface area contributed by atoms with Crippen molar-refractivity contribution in [3.63, 3.8) is 0 Å². The molecule has 0 aliphatic rings. The van der Waals surface area contributed by atoms with Crippen LogP contribution in [-0.4, -0.2) is 23.2 Å². The minimum absolute atomic E-state index is 0.0147. The number of aromatic nitrogens is 1. The van der Waals surface area contributed by atoms with Crippen LogP contribution in [0.3, 0.4) is 0 Å². The van der Waals surface area contributed by atoms with E-state index in [1.54, 1.807) is 12.1 Å². The molecule has 0 unspecified atom stereocenters. The molecule has 1 aromatic carbocycles. The second-order valence-electron chi connectivity index (χ2n) is 3.17. The normalized spacial score (nSPS) is 10.4. The average Bonchev–Trinajstić information content (AvgIpc) is 2.29. The molecule has 16 heavy (non-hydrogen) atoms. The number of ether oxygens (including phenoxy) is 1. The summed E-state index contributed by atoms with van der Waals surface area (Å²) >= 11 is 5.83. The van der Waals surface area contributed by atoms with Crippen molar-refractivity contribution in [2.45, 2.75) is 0 Å². The first-order valence-corrected chi connectivity index (χ1v) is 4.88. The highest BCUT2D eigenvalue weighted by molar-refractivity contribution is 6.33. The van der Waals surface area contributed by atoms with E-state index in [4.69, 9.17) is 11.6 Å². The number of hydrogen-bond donors (Lipinski definition) is 1. The SMILES string of the molecule is COC(=O)c1cc2cccc(O)c2nc1Cl. The van der Waals surface area contributed by atoms with Gasteiger partial charge in [0.25, 0.3) is 0 Å². The number of benzene rings is 1. The maximum absolute atomic E-state index is 11.4. The van der Waals surface area contributed by atoms with Gasteiger partial charge >= 0.3 is 5.97 Å². The van der Waals surface area contributed by atoms with Crippen LogP contribution in [-0.2, 0) is 4.74 Å².